The van der Waals surface area contributed by atoms with Gasteiger partial charge in [0.2, 0.25) is 5.95 Å². The molecule has 0 bridgehead atoms. The van der Waals surface area contributed by atoms with Crippen LogP contribution in [0.1, 0.15) is 13.8 Å². The molecule has 1 aromatic heterocycles. The van der Waals surface area contributed by atoms with E-state index in [1.54, 1.807) is 7.11 Å². The zero-order chi connectivity index (χ0) is 16.9. The van der Waals surface area contributed by atoms with Gasteiger partial charge in [0, 0.05) is 29.7 Å². The van der Waals surface area contributed by atoms with Crippen molar-refractivity contribution in [2.75, 3.05) is 12.0 Å². The van der Waals surface area contributed by atoms with Gasteiger partial charge in [0.05, 0.1) is 7.11 Å². The molecule has 0 aliphatic rings. The Bertz CT molecular complexity index is 768. The smallest absolute Gasteiger partial charge is 0.230 e. The third-order valence-corrected chi connectivity index (χ3v) is 3.83. The second-order valence-electron chi connectivity index (χ2n) is 5.80. The fraction of sp³-hybridized carbons (Fsp3) is 0.200. The molecule has 24 heavy (non-hydrogen) atoms. The Morgan fingerprint density at radius 2 is 1.46 bits per heavy atom. The van der Waals surface area contributed by atoms with Crippen molar-refractivity contribution in [3.63, 3.8) is 0 Å². The van der Waals surface area contributed by atoms with Gasteiger partial charge in [-0.3, -0.25) is 0 Å². The van der Waals surface area contributed by atoms with Gasteiger partial charge in [-0.05, 0) is 43.7 Å². The Labute approximate surface area is 142 Å². The number of ether oxygens (including phenoxy) is 1. The highest BCUT2D eigenvalue weighted by Gasteiger charge is 2.15. The van der Waals surface area contributed by atoms with E-state index in [0.717, 1.165) is 22.6 Å². The summed E-state index contributed by atoms with van der Waals surface area (Å²) in [6.07, 6.45) is 3.73. The second kappa shape index (κ2) is 7.13. The predicted octanol–water partition coefficient (Wildman–Crippen LogP) is 4.70. The van der Waals surface area contributed by atoms with Gasteiger partial charge in [-0.15, -0.1) is 0 Å². The molecule has 0 N–H and O–H groups in total. The molecule has 0 radical (unpaired) electrons. The first-order valence-corrected chi connectivity index (χ1v) is 8.00. The molecule has 0 saturated carbocycles. The number of rotatable bonds is 5. The van der Waals surface area contributed by atoms with Crippen molar-refractivity contribution in [1.82, 2.24) is 9.97 Å². The molecule has 0 unspecified atom stereocenters. The summed E-state index contributed by atoms with van der Waals surface area (Å²) in [6, 6.07) is 18.4. The Kier molecular flexibility index (Phi) is 4.75. The maximum atomic E-state index is 5.19. The number of anilines is 2. The van der Waals surface area contributed by atoms with Gasteiger partial charge in [0.25, 0.3) is 0 Å². The van der Waals surface area contributed by atoms with Crippen LogP contribution in [0.5, 0.6) is 5.75 Å². The van der Waals surface area contributed by atoms with Gasteiger partial charge >= 0.3 is 0 Å². The maximum absolute atomic E-state index is 5.19. The lowest BCUT2D eigenvalue weighted by Gasteiger charge is -2.26. The molecule has 1 heterocycles. The molecular formula is C20H21N3O. The summed E-state index contributed by atoms with van der Waals surface area (Å²) in [5.41, 5.74) is 3.14. The summed E-state index contributed by atoms with van der Waals surface area (Å²) < 4.78 is 5.19. The zero-order valence-corrected chi connectivity index (χ0v) is 14.2. The van der Waals surface area contributed by atoms with Crippen molar-refractivity contribution in [2.45, 2.75) is 19.9 Å². The van der Waals surface area contributed by atoms with Crippen molar-refractivity contribution < 1.29 is 4.74 Å². The Morgan fingerprint density at radius 1 is 0.833 bits per heavy atom. The standard InChI is InChI=1S/C20H21N3O/c1-15(2)23(18-7-5-4-6-8-18)20-21-13-17(14-22-20)16-9-11-19(24-3)12-10-16/h4-15H,1-3H3. The quantitative estimate of drug-likeness (QED) is 0.683. The molecule has 0 spiro atoms. The molecular weight excluding hydrogens is 298 g/mol. The lowest BCUT2D eigenvalue weighted by Crippen LogP contribution is -2.27. The first kappa shape index (κ1) is 16.0. The third-order valence-electron chi connectivity index (χ3n) is 3.83. The summed E-state index contributed by atoms with van der Waals surface area (Å²) in [4.78, 5) is 11.3. The highest BCUT2D eigenvalue weighted by atomic mass is 16.5. The van der Waals surface area contributed by atoms with Crippen molar-refractivity contribution in [3.8, 4) is 16.9 Å². The molecule has 3 rings (SSSR count). The van der Waals surface area contributed by atoms with E-state index < -0.39 is 0 Å². The van der Waals surface area contributed by atoms with Crippen LogP contribution in [0.3, 0.4) is 0 Å². The molecule has 4 heteroatoms. The number of aromatic nitrogens is 2. The van der Waals surface area contributed by atoms with Gasteiger partial charge < -0.3 is 9.64 Å². The van der Waals surface area contributed by atoms with E-state index in [0.29, 0.717) is 5.95 Å². The van der Waals surface area contributed by atoms with E-state index in [1.807, 2.05) is 54.9 Å². The minimum absolute atomic E-state index is 0.263. The summed E-state index contributed by atoms with van der Waals surface area (Å²) in [6.45, 7) is 4.27. The number of para-hydroxylation sites is 1. The number of hydrogen-bond donors (Lipinski definition) is 0. The number of benzene rings is 2. The normalized spacial score (nSPS) is 10.7. The minimum Gasteiger partial charge on any atom is -0.497 e. The van der Waals surface area contributed by atoms with Gasteiger partial charge in [-0.25, -0.2) is 9.97 Å². The summed E-state index contributed by atoms with van der Waals surface area (Å²) in [5.74, 6) is 1.54. The van der Waals surface area contributed by atoms with E-state index in [2.05, 4.69) is 40.8 Å². The summed E-state index contributed by atoms with van der Waals surface area (Å²) >= 11 is 0. The van der Waals surface area contributed by atoms with Gasteiger partial charge in [0.15, 0.2) is 0 Å². The second-order valence-corrected chi connectivity index (χ2v) is 5.80. The molecule has 0 saturated heterocycles. The molecule has 0 fully saturated rings. The molecule has 0 atom stereocenters. The van der Waals surface area contributed by atoms with Crippen LogP contribution in [0.25, 0.3) is 11.1 Å². The first-order valence-electron chi connectivity index (χ1n) is 8.00. The van der Waals surface area contributed by atoms with Crippen LogP contribution < -0.4 is 9.64 Å². The summed E-state index contributed by atoms with van der Waals surface area (Å²) in [7, 11) is 1.66. The highest BCUT2D eigenvalue weighted by molar-refractivity contribution is 5.64. The van der Waals surface area contributed by atoms with Crippen molar-refractivity contribution in [2.24, 2.45) is 0 Å². The zero-order valence-electron chi connectivity index (χ0n) is 14.2. The van der Waals surface area contributed by atoms with Crippen LogP contribution in [0.15, 0.2) is 67.0 Å². The monoisotopic (exact) mass is 319 g/mol. The Hall–Kier alpha value is -2.88. The van der Waals surface area contributed by atoms with Crippen LogP contribution >= 0.6 is 0 Å². The Morgan fingerprint density at radius 3 is 2.00 bits per heavy atom. The fourth-order valence-corrected chi connectivity index (χ4v) is 2.61. The number of nitrogens with zero attached hydrogens (tertiary/aromatic N) is 3. The minimum atomic E-state index is 0.263. The average molecular weight is 319 g/mol. The molecule has 0 amide bonds. The molecule has 4 nitrogen and oxygen atoms in total. The number of hydrogen-bond acceptors (Lipinski definition) is 4. The van der Waals surface area contributed by atoms with Gasteiger partial charge in [0.1, 0.15) is 5.75 Å². The van der Waals surface area contributed by atoms with E-state index in [4.69, 9.17) is 4.74 Å². The van der Waals surface area contributed by atoms with Crippen LogP contribution in [0, 0.1) is 0 Å². The maximum Gasteiger partial charge on any atom is 0.230 e. The van der Waals surface area contributed by atoms with Gasteiger partial charge in [-0.1, -0.05) is 30.3 Å². The molecule has 2 aromatic carbocycles. The van der Waals surface area contributed by atoms with E-state index >= 15 is 0 Å². The molecule has 0 aliphatic heterocycles. The molecule has 122 valence electrons. The lowest BCUT2D eigenvalue weighted by molar-refractivity contribution is 0.415. The van der Waals surface area contributed by atoms with E-state index in [-0.39, 0.29) is 6.04 Å². The summed E-state index contributed by atoms with van der Waals surface area (Å²) in [5, 5.41) is 0. The van der Waals surface area contributed by atoms with Crippen LogP contribution in [-0.2, 0) is 0 Å². The van der Waals surface area contributed by atoms with Crippen molar-refractivity contribution in [3.05, 3.63) is 67.0 Å². The highest BCUT2D eigenvalue weighted by Crippen LogP contribution is 2.26. The van der Waals surface area contributed by atoms with Crippen molar-refractivity contribution >= 4 is 11.6 Å². The van der Waals surface area contributed by atoms with Crippen LogP contribution in [-0.4, -0.2) is 23.1 Å². The lowest BCUT2D eigenvalue weighted by atomic mass is 10.1. The SMILES string of the molecule is COc1ccc(-c2cnc(N(c3ccccc3)C(C)C)nc2)cc1. The fourth-order valence-electron chi connectivity index (χ4n) is 2.61. The van der Waals surface area contributed by atoms with E-state index in [9.17, 15) is 0 Å². The van der Waals surface area contributed by atoms with E-state index in [1.165, 1.54) is 0 Å². The van der Waals surface area contributed by atoms with Crippen molar-refractivity contribution in [1.29, 1.82) is 0 Å². The number of methoxy groups -OCH3 is 1. The first-order chi connectivity index (χ1) is 11.7. The van der Waals surface area contributed by atoms with Crippen LogP contribution in [0.4, 0.5) is 11.6 Å². The predicted molar refractivity (Wildman–Crippen MR) is 97.7 cm³/mol. The molecule has 3 aromatic rings. The van der Waals surface area contributed by atoms with Crippen LogP contribution in [0.2, 0.25) is 0 Å². The third kappa shape index (κ3) is 3.38. The topological polar surface area (TPSA) is 38.2 Å². The largest absolute Gasteiger partial charge is 0.497 e. The Balaban J connectivity index is 1.89. The molecule has 0 aliphatic carbocycles. The van der Waals surface area contributed by atoms with Gasteiger partial charge in [-0.2, -0.15) is 0 Å². The average Bonchev–Trinajstić information content (AvgIpc) is 2.63.